The number of hydrogen-bond acceptors (Lipinski definition) is 7. The molecule has 3 aromatic carbocycles. The number of ether oxygens (including phenoxy) is 1. The van der Waals surface area contributed by atoms with E-state index in [-0.39, 0.29) is 30.3 Å². The Morgan fingerprint density at radius 1 is 0.902 bits per heavy atom. The molecule has 0 atom stereocenters. The van der Waals surface area contributed by atoms with Gasteiger partial charge in [-0.15, -0.1) is 0 Å². The van der Waals surface area contributed by atoms with Crippen LogP contribution in [-0.2, 0) is 26.5 Å². The number of carbonyl (C=O) groups excluding carboxylic acids is 1. The Balaban J connectivity index is 1.31. The molecule has 0 saturated carbocycles. The van der Waals surface area contributed by atoms with Gasteiger partial charge in [0.25, 0.3) is 0 Å². The Hall–Kier alpha value is -4.12. The molecule has 0 aromatic heterocycles. The minimum atomic E-state index is -5.33. The zero-order valence-electron chi connectivity index (χ0n) is 23.0. The number of carboxylic acids is 1. The van der Waals surface area contributed by atoms with Crippen molar-refractivity contribution >= 4 is 28.3 Å². The summed E-state index contributed by atoms with van der Waals surface area (Å²) in [5, 5.41) is 9.44. The minimum Gasteiger partial charge on any atom is -0.481 e. The number of fused-ring (bicyclic) bond motifs is 3. The number of amides is 1. The Morgan fingerprint density at radius 2 is 1.46 bits per heavy atom. The van der Waals surface area contributed by atoms with Crippen LogP contribution in [0.3, 0.4) is 0 Å². The van der Waals surface area contributed by atoms with Crippen molar-refractivity contribution in [3.8, 4) is 16.9 Å². The Kier molecular flexibility index (Phi) is 7.65. The summed E-state index contributed by atoms with van der Waals surface area (Å²) in [5.74, 6) is -1.38. The van der Waals surface area contributed by atoms with Gasteiger partial charge in [-0.1, -0.05) is 52.4 Å². The molecule has 1 amide bonds. The lowest BCUT2D eigenvalue weighted by Crippen LogP contribution is -2.49. The molecule has 0 bridgehead atoms. The van der Waals surface area contributed by atoms with Gasteiger partial charge in [0.1, 0.15) is 6.61 Å². The van der Waals surface area contributed by atoms with Crippen molar-refractivity contribution in [1.29, 1.82) is 0 Å². The average molecular weight is 583 g/mol. The van der Waals surface area contributed by atoms with Gasteiger partial charge < -0.3 is 23.8 Å². The molecular formula is C30H31FN2O7S. The van der Waals surface area contributed by atoms with Crippen LogP contribution < -0.4 is 9.08 Å². The summed E-state index contributed by atoms with van der Waals surface area (Å²) in [5.41, 5.74) is 6.74. The van der Waals surface area contributed by atoms with Gasteiger partial charge in [0, 0.05) is 43.3 Å². The third-order valence-electron chi connectivity index (χ3n) is 8.00. The zero-order chi connectivity index (χ0) is 29.5. The molecule has 0 radical (unpaired) electrons. The summed E-state index contributed by atoms with van der Waals surface area (Å²) in [6.07, 6.45) is -0.809. The molecule has 3 aromatic rings. The molecule has 5 rings (SSSR count). The van der Waals surface area contributed by atoms with Crippen molar-refractivity contribution < 1.29 is 35.9 Å². The number of nitrogens with zero attached hydrogens (tertiary/aromatic N) is 2. The van der Waals surface area contributed by atoms with Gasteiger partial charge in [0.05, 0.1) is 6.42 Å². The number of benzene rings is 3. The summed E-state index contributed by atoms with van der Waals surface area (Å²) < 4.78 is 46.7. The molecule has 216 valence electrons. The molecular weight excluding hydrogens is 551 g/mol. The Morgan fingerprint density at radius 3 is 2.00 bits per heavy atom. The molecule has 1 N–H and O–H groups in total. The van der Waals surface area contributed by atoms with Crippen LogP contribution in [0, 0.1) is 20.8 Å². The van der Waals surface area contributed by atoms with E-state index in [0.29, 0.717) is 48.6 Å². The van der Waals surface area contributed by atoms with Crippen LogP contribution in [0.25, 0.3) is 11.1 Å². The van der Waals surface area contributed by atoms with Crippen LogP contribution in [-0.4, -0.2) is 63.3 Å². The first kappa shape index (κ1) is 28.4. The van der Waals surface area contributed by atoms with Crippen molar-refractivity contribution in [1.82, 2.24) is 4.90 Å². The summed E-state index contributed by atoms with van der Waals surface area (Å²) in [4.78, 5) is 28.2. The lowest BCUT2D eigenvalue weighted by atomic mass is 9.93. The summed E-state index contributed by atoms with van der Waals surface area (Å²) in [6.45, 7) is 6.49. The highest BCUT2D eigenvalue weighted by atomic mass is 32.3. The van der Waals surface area contributed by atoms with E-state index < -0.39 is 22.6 Å². The monoisotopic (exact) mass is 582 g/mol. The molecule has 11 heteroatoms. The van der Waals surface area contributed by atoms with Crippen LogP contribution in [0.4, 0.5) is 14.4 Å². The Labute approximate surface area is 238 Å². The molecule has 1 aliphatic heterocycles. The summed E-state index contributed by atoms with van der Waals surface area (Å²) in [6, 6.07) is 16.2. The number of piperazine rings is 1. The quantitative estimate of drug-likeness (QED) is 0.392. The van der Waals surface area contributed by atoms with Crippen LogP contribution in [0.2, 0.25) is 0 Å². The first-order valence-corrected chi connectivity index (χ1v) is 14.6. The number of halogens is 1. The van der Waals surface area contributed by atoms with Gasteiger partial charge >= 0.3 is 22.6 Å². The number of hydrogen-bond donors (Lipinski definition) is 1. The maximum absolute atomic E-state index is 13.6. The van der Waals surface area contributed by atoms with Crippen LogP contribution in [0.1, 0.15) is 39.3 Å². The predicted molar refractivity (Wildman–Crippen MR) is 152 cm³/mol. The average Bonchev–Trinajstić information content (AvgIpc) is 3.25. The first-order valence-electron chi connectivity index (χ1n) is 13.3. The van der Waals surface area contributed by atoms with Crippen molar-refractivity contribution in [2.24, 2.45) is 0 Å². The van der Waals surface area contributed by atoms with Gasteiger partial charge in [-0.2, -0.15) is 8.42 Å². The minimum absolute atomic E-state index is 0.0524. The lowest BCUT2D eigenvalue weighted by Gasteiger charge is -2.38. The third-order valence-corrected chi connectivity index (χ3v) is 8.36. The zero-order valence-corrected chi connectivity index (χ0v) is 23.8. The SMILES string of the molecule is Cc1c(CC(=O)O)c(C)c(N2CCN(C(=O)OCC3c4ccccc4-c4ccccc43)CC2)c(C)c1OS(=O)(=O)F. The number of carbonyl (C=O) groups is 2. The molecule has 2 aliphatic rings. The first-order chi connectivity index (χ1) is 19.5. The molecule has 9 nitrogen and oxygen atoms in total. The topological polar surface area (TPSA) is 113 Å². The van der Waals surface area contributed by atoms with Crippen LogP contribution in [0.5, 0.6) is 5.75 Å². The van der Waals surface area contributed by atoms with Gasteiger partial charge in [-0.3, -0.25) is 4.79 Å². The second-order valence-corrected chi connectivity index (χ2v) is 11.3. The molecule has 1 saturated heterocycles. The van der Waals surface area contributed by atoms with Gasteiger partial charge in [0.2, 0.25) is 0 Å². The van der Waals surface area contributed by atoms with Gasteiger partial charge in [0.15, 0.2) is 5.75 Å². The van der Waals surface area contributed by atoms with Crippen molar-refractivity contribution in [2.45, 2.75) is 33.1 Å². The molecule has 0 spiro atoms. The number of aliphatic carboxylic acids is 1. The van der Waals surface area contributed by atoms with Crippen molar-refractivity contribution in [3.05, 3.63) is 81.9 Å². The summed E-state index contributed by atoms with van der Waals surface area (Å²) in [7, 11) is -5.33. The fourth-order valence-corrected chi connectivity index (χ4v) is 6.59. The van der Waals surface area contributed by atoms with Gasteiger partial charge in [-0.25, -0.2) is 4.79 Å². The molecule has 1 heterocycles. The Bertz CT molecular complexity index is 1590. The highest BCUT2D eigenvalue weighted by Gasteiger charge is 2.32. The lowest BCUT2D eigenvalue weighted by molar-refractivity contribution is -0.136. The normalized spacial score (nSPS) is 14.9. The number of carboxylic acid groups (broad SMARTS) is 1. The second kappa shape index (κ2) is 11.0. The van der Waals surface area contributed by atoms with E-state index in [0.717, 1.165) is 22.3 Å². The van der Waals surface area contributed by atoms with E-state index in [1.54, 1.807) is 18.7 Å². The second-order valence-electron chi connectivity index (χ2n) is 10.4. The third kappa shape index (κ3) is 5.58. The van der Waals surface area contributed by atoms with Crippen LogP contribution >= 0.6 is 0 Å². The number of anilines is 1. The van der Waals surface area contributed by atoms with E-state index in [9.17, 15) is 27.0 Å². The fraction of sp³-hybridized carbons (Fsp3) is 0.333. The van der Waals surface area contributed by atoms with Crippen molar-refractivity contribution in [3.63, 3.8) is 0 Å². The molecule has 1 fully saturated rings. The van der Waals surface area contributed by atoms with Crippen LogP contribution in [0.15, 0.2) is 48.5 Å². The highest BCUT2D eigenvalue weighted by molar-refractivity contribution is 7.81. The largest absolute Gasteiger partial charge is 0.488 e. The maximum Gasteiger partial charge on any atom is 0.488 e. The maximum atomic E-state index is 13.6. The van der Waals surface area contributed by atoms with E-state index in [4.69, 9.17) is 4.74 Å². The molecule has 1 aliphatic carbocycles. The molecule has 0 unspecified atom stereocenters. The highest BCUT2D eigenvalue weighted by Crippen LogP contribution is 2.45. The predicted octanol–water partition coefficient (Wildman–Crippen LogP) is 4.90. The number of rotatable bonds is 7. The van der Waals surface area contributed by atoms with Crippen molar-refractivity contribution in [2.75, 3.05) is 37.7 Å². The molecule has 41 heavy (non-hydrogen) atoms. The van der Waals surface area contributed by atoms with E-state index in [1.807, 2.05) is 29.2 Å². The van der Waals surface area contributed by atoms with E-state index in [1.165, 1.54) is 6.92 Å². The fourth-order valence-electron chi connectivity index (χ4n) is 6.14. The standard InChI is InChI=1S/C30H31FN2O7S/c1-18-25(16-27(34)35)19(2)29(40-41(31,37)38)20(3)28(18)32-12-14-33(15-13-32)30(36)39-17-26-23-10-6-4-8-21(23)22-9-5-7-11-24(22)26/h4-11,26H,12-17H2,1-3H3,(H,34,35). The summed E-state index contributed by atoms with van der Waals surface area (Å²) >= 11 is 0. The van der Waals surface area contributed by atoms with E-state index in [2.05, 4.69) is 28.4 Å². The smallest absolute Gasteiger partial charge is 0.481 e. The van der Waals surface area contributed by atoms with Gasteiger partial charge in [-0.05, 0) is 59.7 Å². The van der Waals surface area contributed by atoms with E-state index >= 15 is 0 Å².